The highest BCUT2D eigenvalue weighted by atomic mass is 35.5. The third-order valence-corrected chi connectivity index (χ3v) is 3.93. The van der Waals surface area contributed by atoms with Crippen LogP contribution in [0.15, 0.2) is 18.2 Å². The molecule has 1 aliphatic carbocycles. The fraction of sp³-hybridized carbons (Fsp3) is 0.429. The SMILES string of the molecule is O=C(CNC(=O)NC1CC1)NCCc1cccc(Cl)c1Cl. The Hall–Kier alpha value is -1.46. The van der Waals surface area contributed by atoms with Gasteiger partial charge in [-0.2, -0.15) is 0 Å². The van der Waals surface area contributed by atoms with E-state index in [-0.39, 0.29) is 24.5 Å². The van der Waals surface area contributed by atoms with Crippen LogP contribution in [0.5, 0.6) is 0 Å². The molecule has 0 aliphatic heterocycles. The van der Waals surface area contributed by atoms with Crippen LogP contribution < -0.4 is 16.0 Å². The number of hydrogen-bond donors (Lipinski definition) is 3. The van der Waals surface area contributed by atoms with Crippen molar-refractivity contribution >= 4 is 35.1 Å². The lowest BCUT2D eigenvalue weighted by Crippen LogP contribution is -2.43. The van der Waals surface area contributed by atoms with E-state index in [0.29, 0.717) is 23.0 Å². The zero-order chi connectivity index (χ0) is 15.2. The molecule has 0 bridgehead atoms. The van der Waals surface area contributed by atoms with Crippen molar-refractivity contribution in [1.29, 1.82) is 0 Å². The largest absolute Gasteiger partial charge is 0.354 e. The van der Waals surface area contributed by atoms with E-state index >= 15 is 0 Å². The lowest BCUT2D eigenvalue weighted by molar-refractivity contribution is -0.120. The number of nitrogens with one attached hydrogen (secondary N) is 3. The first-order valence-corrected chi connectivity index (χ1v) is 7.56. The van der Waals surface area contributed by atoms with Crippen LogP contribution in [-0.4, -0.2) is 31.1 Å². The molecule has 114 valence electrons. The van der Waals surface area contributed by atoms with Gasteiger partial charge in [0.05, 0.1) is 16.6 Å². The van der Waals surface area contributed by atoms with Crippen molar-refractivity contribution in [2.45, 2.75) is 25.3 Å². The minimum Gasteiger partial charge on any atom is -0.354 e. The molecule has 0 radical (unpaired) electrons. The van der Waals surface area contributed by atoms with Crippen molar-refractivity contribution in [2.75, 3.05) is 13.1 Å². The molecule has 5 nitrogen and oxygen atoms in total. The molecular weight excluding hydrogens is 313 g/mol. The molecule has 0 saturated heterocycles. The number of rotatable bonds is 6. The molecular formula is C14H17Cl2N3O2. The second kappa shape index (κ2) is 7.52. The number of hydrogen-bond acceptors (Lipinski definition) is 2. The van der Waals surface area contributed by atoms with E-state index < -0.39 is 0 Å². The lowest BCUT2D eigenvalue weighted by Gasteiger charge is -2.09. The van der Waals surface area contributed by atoms with Gasteiger partial charge in [-0.3, -0.25) is 4.79 Å². The van der Waals surface area contributed by atoms with Gasteiger partial charge in [-0.25, -0.2) is 4.79 Å². The standard InChI is InChI=1S/C14H17Cl2N3O2/c15-11-3-1-2-9(13(11)16)6-7-17-12(20)8-18-14(21)19-10-4-5-10/h1-3,10H,4-8H2,(H,17,20)(H2,18,19,21). The van der Waals surface area contributed by atoms with Crippen molar-refractivity contribution in [3.05, 3.63) is 33.8 Å². The van der Waals surface area contributed by atoms with E-state index in [1.807, 2.05) is 12.1 Å². The third kappa shape index (κ3) is 5.44. The quantitative estimate of drug-likeness (QED) is 0.748. The maximum Gasteiger partial charge on any atom is 0.315 e. The molecule has 1 aliphatic rings. The first kappa shape index (κ1) is 15.9. The molecule has 2 rings (SSSR count). The number of carbonyl (C=O) groups excluding carboxylic acids is 2. The molecule has 3 amide bonds. The van der Waals surface area contributed by atoms with Crippen molar-refractivity contribution in [1.82, 2.24) is 16.0 Å². The van der Waals surface area contributed by atoms with E-state index in [0.717, 1.165) is 18.4 Å². The van der Waals surface area contributed by atoms with E-state index in [9.17, 15) is 9.59 Å². The minimum absolute atomic E-state index is 0.0398. The first-order chi connectivity index (χ1) is 10.1. The summed E-state index contributed by atoms with van der Waals surface area (Å²) in [5.41, 5.74) is 0.879. The number of halogens is 2. The van der Waals surface area contributed by atoms with Gasteiger partial charge in [0.1, 0.15) is 0 Å². The lowest BCUT2D eigenvalue weighted by atomic mass is 10.1. The molecule has 7 heteroatoms. The van der Waals surface area contributed by atoms with Gasteiger partial charge in [0.2, 0.25) is 5.91 Å². The molecule has 0 heterocycles. The predicted octanol–water partition coefficient (Wildman–Crippen LogP) is 2.11. The summed E-state index contributed by atoms with van der Waals surface area (Å²) >= 11 is 12.0. The van der Waals surface area contributed by atoms with E-state index in [1.54, 1.807) is 6.07 Å². The number of benzene rings is 1. The van der Waals surface area contributed by atoms with Gasteiger partial charge in [-0.05, 0) is 30.9 Å². The Morgan fingerprint density at radius 2 is 1.95 bits per heavy atom. The van der Waals surface area contributed by atoms with Crippen LogP contribution in [-0.2, 0) is 11.2 Å². The molecule has 1 saturated carbocycles. The minimum atomic E-state index is -0.300. The molecule has 0 spiro atoms. The third-order valence-electron chi connectivity index (χ3n) is 3.07. The summed E-state index contributed by atoms with van der Waals surface area (Å²) in [6.45, 7) is 0.395. The van der Waals surface area contributed by atoms with Crippen molar-refractivity contribution in [3.8, 4) is 0 Å². The highest BCUT2D eigenvalue weighted by Gasteiger charge is 2.23. The van der Waals surface area contributed by atoms with Crippen LogP contribution in [0.1, 0.15) is 18.4 Å². The van der Waals surface area contributed by atoms with Gasteiger partial charge in [0, 0.05) is 12.6 Å². The summed E-state index contributed by atoms with van der Waals surface area (Å²) in [5, 5.41) is 8.98. The maximum absolute atomic E-state index is 11.6. The molecule has 1 fully saturated rings. The van der Waals surface area contributed by atoms with Crippen LogP contribution in [0.25, 0.3) is 0 Å². The number of carbonyl (C=O) groups is 2. The molecule has 0 atom stereocenters. The van der Waals surface area contributed by atoms with Crippen molar-refractivity contribution in [2.24, 2.45) is 0 Å². The van der Waals surface area contributed by atoms with E-state index in [2.05, 4.69) is 16.0 Å². The summed E-state index contributed by atoms with van der Waals surface area (Å²) < 4.78 is 0. The van der Waals surface area contributed by atoms with Gasteiger partial charge < -0.3 is 16.0 Å². The van der Waals surface area contributed by atoms with E-state index in [1.165, 1.54) is 0 Å². The van der Waals surface area contributed by atoms with Crippen LogP contribution in [0, 0.1) is 0 Å². The number of urea groups is 1. The Kier molecular flexibility index (Phi) is 5.70. The van der Waals surface area contributed by atoms with E-state index in [4.69, 9.17) is 23.2 Å². The van der Waals surface area contributed by atoms with Gasteiger partial charge in [-0.1, -0.05) is 35.3 Å². The highest BCUT2D eigenvalue weighted by Crippen LogP contribution is 2.25. The van der Waals surface area contributed by atoms with Gasteiger partial charge >= 0.3 is 6.03 Å². The first-order valence-electron chi connectivity index (χ1n) is 6.80. The summed E-state index contributed by atoms with van der Waals surface area (Å²) in [6, 6.07) is 5.37. The fourth-order valence-corrected chi connectivity index (χ4v) is 2.18. The molecule has 0 aromatic heterocycles. The summed E-state index contributed by atoms with van der Waals surface area (Å²) in [5.74, 6) is -0.237. The van der Waals surface area contributed by atoms with Gasteiger partial charge in [0.25, 0.3) is 0 Å². The number of amides is 3. The van der Waals surface area contributed by atoms with Crippen LogP contribution in [0.3, 0.4) is 0 Å². The fourth-order valence-electron chi connectivity index (χ4n) is 1.77. The average molecular weight is 330 g/mol. The van der Waals surface area contributed by atoms with Crippen LogP contribution in [0.2, 0.25) is 10.0 Å². The van der Waals surface area contributed by atoms with Crippen LogP contribution >= 0.6 is 23.2 Å². The smallest absolute Gasteiger partial charge is 0.315 e. The zero-order valence-corrected chi connectivity index (χ0v) is 12.9. The topological polar surface area (TPSA) is 70.2 Å². The average Bonchev–Trinajstić information content (AvgIpc) is 3.25. The zero-order valence-electron chi connectivity index (χ0n) is 11.4. The molecule has 0 unspecified atom stereocenters. The van der Waals surface area contributed by atoms with Gasteiger partial charge in [-0.15, -0.1) is 0 Å². The van der Waals surface area contributed by atoms with Crippen LogP contribution in [0.4, 0.5) is 4.79 Å². The Morgan fingerprint density at radius 3 is 2.67 bits per heavy atom. The molecule has 1 aromatic rings. The highest BCUT2D eigenvalue weighted by molar-refractivity contribution is 6.42. The summed E-state index contributed by atoms with van der Waals surface area (Å²) in [6.07, 6.45) is 2.61. The second-order valence-corrected chi connectivity index (χ2v) is 5.70. The second-order valence-electron chi connectivity index (χ2n) is 4.91. The maximum atomic E-state index is 11.6. The molecule has 21 heavy (non-hydrogen) atoms. The Morgan fingerprint density at radius 1 is 1.19 bits per heavy atom. The monoisotopic (exact) mass is 329 g/mol. The normalized spacial score (nSPS) is 13.6. The van der Waals surface area contributed by atoms with Crippen molar-refractivity contribution in [3.63, 3.8) is 0 Å². The predicted molar refractivity (Wildman–Crippen MR) is 82.7 cm³/mol. The summed E-state index contributed by atoms with van der Waals surface area (Å²) in [4.78, 5) is 22.9. The van der Waals surface area contributed by atoms with Crippen molar-refractivity contribution < 1.29 is 9.59 Å². The van der Waals surface area contributed by atoms with Gasteiger partial charge in [0.15, 0.2) is 0 Å². The Labute approximate surface area is 133 Å². The molecule has 1 aromatic carbocycles. The summed E-state index contributed by atoms with van der Waals surface area (Å²) in [7, 11) is 0. The Balaban J connectivity index is 1.64. The molecule has 3 N–H and O–H groups in total. The Bertz CT molecular complexity index is 533.